The molecular formula is C12H25NO. The van der Waals surface area contributed by atoms with Gasteiger partial charge in [-0.2, -0.15) is 0 Å². The van der Waals surface area contributed by atoms with E-state index in [9.17, 15) is 5.11 Å². The normalized spacial score (nSPS) is 35.6. The standard InChI is InChI=1S/C12H25NO/c1-4-10(2)9-12(14)7-5-11(13-3)6-8-12/h10-11,13-14H,4-9H2,1-3H3. The van der Waals surface area contributed by atoms with E-state index in [1.807, 2.05) is 7.05 Å². The van der Waals surface area contributed by atoms with E-state index in [4.69, 9.17) is 0 Å². The first-order chi connectivity index (χ1) is 6.59. The molecule has 0 spiro atoms. The molecule has 0 aromatic heterocycles. The molecule has 2 nitrogen and oxygen atoms in total. The van der Waals surface area contributed by atoms with Crippen molar-refractivity contribution in [1.29, 1.82) is 0 Å². The van der Waals surface area contributed by atoms with Crippen LogP contribution in [0.15, 0.2) is 0 Å². The van der Waals surface area contributed by atoms with E-state index >= 15 is 0 Å². The molecule has 1 saturated carbocycles. The Bertz CT molecular complexity index is 162. The van der Waals surface area contributed by atoms with E-state index in [0.29, 0.717) is 12.0 Å². The van der Waals surface area contributed by atoms with Crippen molar-refractivity contribution >= 4 is 0 Å². The first kappa shape index (κ1) is 12.0. The van der Waals surface area contributed by atoms with Gasteiger partial charge in [0.15, 0.2) is 0 Å². The summed E-state index contributed by atoms with van der Waals surface area (Å²) in [4.78, 5) is 0. The lowest BCUT2D eigenvalue weighted by atomic mass is 9.77. The van der Waals surface area contributed by atoms with Gasteiger partial charge in [0.25, 0.3) is 0 Å². The minimum Gasteiger partial charge on any atom is -0.390 e. The van der Waals surface area contributed by atoms with Crippen LogP contribution in [0.25, 0.3) is 0 Å². The van der Waals surface area contributed by atoms with Gasteiger partial charge in [0.05, 0.1) is 5.60 Å². The minimum atomic E-state index is -0.358. The Morgan fingerprint density at radius 2 is 2.00 bits per heavy atom. The molecule has 14 heavy (non-hydrogen) atoms. The summed E-state index contributed by atoms with van der Waals surface area (Å²) < 4.78 is 0. The Kier molecular flexibility index (Phi) is 4.39. The first-order valence-electron chi connectivity index (χ1n) is 5.99. The second-order valence-electron chi connectivity index (χ2n) is 5.00. The molecule has 1 fully saturated rings. The van der Waals surface area contributed by atoms with Crippen molar-refractivity contribution in [2.75, 3.05) is 7.05 Å². The van der Waals surface area contributed by atoms with E-state index in [-0.39, 0.29) is 5.60 Å². The molecule has 0 aromatic carbocycles. The predicted octanol–water partition coefficient (Wildman–Crippen LogP) is 2.32. The fraction of sp³-hybridized carbons (Fsp3) is 1.00. The Hall–Kier alpha value is -0.0800. The molecule has 1 aliphatic carbocycles. The average molecular weight is 199 g/mol. The van der Waals surface area contributed by atoms with Crippen LogP contribution in [-0.4, -0.2) is 23.8 Å². The van der Waals surface area contributed by atoms with Gasteiger partial charge in [-0.05, 0) is 45.1 Å². The van der Waals surface area contributed by atoms with Gasteiger partial charge in [0, 0.05) is 6.04 Å². The SMILES string of the molecule is CCC(C)CC1(O)CCC(NC)CC1. The van der Waals surface area contributed by atoms with Crippen LogP contribution in [0.4, 0.5) is 0 Å². The monoisotopic (exact) mass is 199 g/mol. The maximum Gasteiger partial charge on any atom is 0.0651 e. The molecule has 1 aliphatic rings. The van der Waals surface area contributed by atoms with Crippen molar-refractivity contribution in [3.05, 3.63) is 0 Å². The van der Waals surface area contributed by atoms with Crippen molar-refractivity contribution in [2.24, 2.45) is 5.92 Å². The molecule has 0 aliphatic heterocycles. The van der Waals surface area contributed by atoms with Crippen LogP contribution in [0.1, 0.15) is 52.4 Å². The second-order valence-corrected chi connectivity index (χ2v) is 5.00. The summed E-state index contributed by atoms with van der Waals surface area (Å²) in [6, 6.07) is 0.632. The number of hydrogen-bond acceptors (Lipinski definition) is 2. The number of nitrogens with one attached hydrogen (secondary N) is 1. The summed E-state index contributed by atoms with van der Waals surface area (Å²) in [7, 11) is 2.02. The number of hydrogen-bond donors (Lipinski definition) is 2. The van der Waals surface area contributed by atoms with Crippen molar-refractivity contribution in [1.82, 2.24) is 5.32 Å². The van der Waals surface area contributed by atoms with Gasteiger partial charge in [-0.25, -0.2) is 0 Å². The Morgan fingerprint density at radius 1 is 1.43 bits per heavy atom. The van der Waals surface area contributed by atoms with Crippen LogP contribution < -0.4 is 5.32 Å². The van der Waals surface area contributed by atoms with Crippen LogP contribution in [0.5, 0.6) is 0 Å². The molecule has 0 heterocycles. The summed E-state index contributed by atoms with van der Waals surface area (Å²) >= 11 is 0. The highest BCUT2D eigenvalue weighted by Gasteiger charge is 2.33. The van der Waals surface area contributed by atoms with E-state index in [2.05, 4.69) is 19.2 Å². The third kappa shape index (κ3) is 3.25. The van der Waals surface area contributed by atoms with Gasteiger partial charge >= 0.3 is 0 Å². The Morgan fingerprint density at radius 3 is 2.43 bits per heavy atom. The van der Waals surface area contributed by atoms with Crippen molar-refractivity contribution in [3.8, 4) is 0 Å². The van der Waals surface area contributed by atoms with Gasteiger partial charge in [0.1, 0.15) is 0 Å². The average Bonchev–Trinajstić information content (AvgIpc) is 2.18. The fourth-order valence-electron chi connectivity index (χ4n) is 2.44. The van der Waals surface area contributed by atoms with E-state index in [0.717, 1.165) is 32.1 Å². The summed E-state index contributed by atoms with van der Waals surface area (Å²) in [5, 5.41) is 13.7. The lowest BCUT2D eigenvalue weighted by Gasteiger charge is -2.37. The van der Waals surface area contributed by atoms with Crippen LogP contribution in [-0.2, 0) is 0 Å². The van der Waals surface area contributed by atoms with Crippen molar-refractivity contribution < 1.29 is 5.11 Å². The van der Waals surface area contributed by atoms with Gasteiger partial charge in [-0.3, -0.25) is 0 Å². The van der Waals surface area contributed by atoms with Crippen LogP contribution in [0.2, 0.25) is 0 Å². The zero-order chi connectivity index (χ0) is 10.6. The lowest BCUT2D eigenvalue weighted by molar-refractivity contribution is -0.0221. The summed E-state index contributed by atoms with van der Waals surface area (Å²) in [5.74, 6) is 0.658. The summed E-state index contributed by atoms with van der Waals surface area (Å²) in [5.41, 5.74) is -0.358. The maximum atomic E-state index is 10.4. The zero-order valence-electron chi connectivity index (χ0n) is 9.84. The highest BCUT2D eigenvalue weighted by Crippen LogP contribution is 2.34. The topological polar surface area (TPSA) is 32.3 Å². The molecular weight excluding hydrogens is 174 g/mol. The molecule has 0 aromatic rings. The van der Waals surface area contributed by atoms with E-state index in [1.54, 1.807) is 0 Å². The fourth-order valence-corrected chi connectivity index (χ4v) is 2.44. The molecule has 0 amide bonds. The van der Waals surface area contributed by atoms with Gasteiger partial charge in [0.2, 0.25) is 0 Å². The molecule has 0 bridgehead atoms. The molecule has 2 N–H and O–H groups in total. The first-order valence-corrected chi connectivity index (χ1v) is 5.99. The Labute approximate surface area is 88.1 Å². The highest BCUT2D eigenvalue weighted by molar-refractivity contribution is 4.88. The largest absolute Gasteiger partial charge is 0.390 e. The molecule has 1 rings (SSSR count). The van der Waals surface area contributed by atoms with Gasteiger partial charge in [-0.1, -0.05) is 20.3 Å². The molecule has 0 radical (unpaired) electrons. The number of rotatable bonds is 4. The summed E-state index contributed by atoms with van der Waals surface area (Å²) in [6.45, 7) is 4.44. The van der Waals surface area contributed by atoms with Crippen molar-refractivity contribution in [3.63, 3.8) is 0 Å². The quantitative estimate of drug-likeness (QED) is 0.728. The summed E-state index contributed by atoms with van der Waals surface area (Å²) in [6.07, 6.45) is 6.37. The third-order valence-electron chi connectivity index (χ3n) is 3.75. The Balaban J connectivity index is 2.37. The molecule has 0 saturated heterocycles. The van der Waals surface area contributed by atoms with Crippen molar-refractivity contribution in [2.45, 2.75) is 64.0 Å². The smallest absolute Gasteiger partial charge is 0.0651 e. The molecule has 84 valence electrons. The number of aliphatic hydroxyl groups is 1. The van der Waals surface area contributed by atoms with Gasteiger partial charge in [-0.15, -0.1) is 0 Å². The third-order valence-corrected chi connectivity index (χ3v) is 3.75. The van der Waals surface area contributed by atoms with E-state index in [1.165, 1.54) is 6.42 Å². The minimum absolute atomic E-state index is 0.358. The predicted molar refractivity (Wildman–Crippen MR) is 60.3 cm³/mol. The molecule has 2 heteroatoms. The molecule has 1 unspecified atom stereocenters. The molecule has 1 atom stereocenters. The van der Waals surface area contributed by atoms with Crippen LogP contribution >= 0.6 is 0 Å². The second kappa shape index (κ2) is 5.13. The zero-order valence-corrected chi connectivity index (χ0v) is 9.84. The lowest BCUT2D eigenvalue weighted by Crippen LogP contribution is -2.41. The van der Waals surface area contributed by atoms with E-state index < -0.39 is 0 Å². The van der Waals surface area contributed by atoms with Crippen LogP contribution in [0, 0.1) is 5.92 Å². The maximum absolute atomic E-state index is 10.4. The highest BCUT2D eigenvalue weighted by atomic mass is 16.3. The van der Waals surface area contributed by atoms with Gasteiger partial charge < -0.3 is 10.4 Å². The van der Waals surface area contributed by atoms with Crippen LogP contribution in [0.3, 0.4) is 0 Å².